The highest BCUT2D eigenvalue weighted by Crippen LogP contribution is 2.35. The molecule has 3 heterocycles. The van der Waals surface area contributed by atoms with Gasteiger partial charge in [0.2, 0.25) is 5.88 Å². The van der Waals surface area contributed by atoms with Crippen LogP contribution in [0.2, 0.25) is 0 Å². The average molecular weight is 299 g/mol. The number of hydrogen-bond donors (Lipinski definition) is 2. The zero-order chi connectivity index (χ0) is 14.7. The van der Waals surface area contributed by atoms with Crippen LogP contribution >= 0.6 is 12.2 Å². The van der Waals surface area contributed by atoms with Crippen molar-refractivity contribution >= 4 is 23.4 Å². The number of imidazole rings is 1. The molecule has 0 bridgehead atoms. The van der Waals surface area contributed by atoms with Gasteiger partial charge in [-0.15, -0.1) is 0 Å². The Balaban J connectivity index is 2.17. The third kappa shape index (κ3) is 1.49. The molecule has 0 spiro atoms. The number of fused-ring (bicyclic) bond motifs is 4. The minimum atomic E-state index is -0.348. The van der Waals surface area contributed by atoms with Crippen LogP contribution in [0.5, 0.6) is 11.6 Å². The number of hydrogen-bond acceptors (Lipinski definition) is 5. The normalized spacial score (nSPS) is 12.0. The van der Waals surface area contributed by atoms with Crippen LogP contribution < -0.4 is 15.7 Å². The van der Waals surface area contributed by atoms with E-state index in [4.69, 9.17) is 17.0 Å². The average Bonchev–Trinajstić information content (AvgIpc) is 2.97. The van der Waals surface area contributed by atoms with Crippen LogP contribution in [0.25, 0.3) is 16.6 Å². The first-order valence-corrected chi connectivity index (χ1v) is 6.59. The molecule has 0 saturated heterocycles. The molecule has 0 radical (unpaired) electrons. The summed E-state index contributed by atoms with van der Waals surface area (Å²) < 4.78 is 6.56. The molecular weight excluding hydrogens is 290 g/mol. The van der Waals surface area contributed by atoms with Gasteiger partial charge in [-0.05, 0) is 30.4 Å². The van der Waals surface area contributed by atoms with Gasteiger partial charge in [0.05, 0.1) is 12.8 Å². The highest BCUT2D eigenvalue weighted by atomic mass is 32.1. The molecule has 0 atom stereocenters. The zero-order valence-electron chi connectivity index (χ0n) is 10.9. The molecule has 1 aromatic carbocycles. The van der Waals surface area contributed by atoms with Crippen molar-refractivity contribution in [2.45, 2.75) is 0 Å². The molecule has 2 N–H and O–H groups in total. The summed E-state index contributed by atoms with van der Waals surface area (Å²) in [7, 11) is 1.57. The largest absolute Gasteiger partial charge is 0.497 e. The molecule has 21 heavy (non-hydrogen) atoms. The van der Waals surface area contributed by atoms with Gasteiger partial charge in [-0.1, -0.05) is 0 Å². The van der Waals surface area contributed by atoms with Crippen molar-refractivity contribution in [3.63, 3.8) is 0 Å². The van der Waals surface area contributed by atoms with E-state index in [2.05, 4.69) is 9.98 Å². The predicted molar refractivity (Wildman–Crippen MR) is 78.9 cm³/mol. The Morgan fingerprint density at radius 3 is 2.90 bits per heavy atom. The molecule has 4 rings (SSSR count). The fourth-order valence-electron chi connectivity index (χ4n) is 2.59. The highest BCUT2D eigenvalue weighted by Gasteiger charge is 2.20. The van der Waals surface area contributed by atoms with Crippen LogP contribution in [0.15, 0.2) is 34.1 Å². The first kappa shape index (κ1) is 12.1. The predicted octanol–water partition coefficient (Wildman–Crippen LogP) is 1.72. The molecule has 104 valence electrons. The Morgan fingerprint density at radius 1 is 1.33 bits per heavy atom. The molecule has 0 aliphatic carbocycles. The summed E-state index contributed by atoms with van der Waals surface area (Å²) in [5.41, 5.74) is 2.18. The van der Waals surface area contributed by atoms with Gasteiger partial charge in [-0.25, -0.2) is 9.39 Å². The summed E-state index contributed by atoms with van der Waals surface area (Å²) in [5.74, 6) is 0.548. The minimum absolute atomic E-state index is 0.123. The van der Waals surface area contributed by atoms with Crippen molar-refractivity contribution in [1.29, 1.82) is 0 Å². The molecule has 0 unspecified atom stereocenters. The van der Waals surface area contributed by atoms with Gasteiger partial charge < -0.3 is 14.8 Å². The standard InChI is InChI=1S/C14H9N3O3S/c1-20-6-2-3-7-8-5-10-12(18)16-14(21)17(10)13(19)11(8)15-9(7)4-6/h2-5,18H,1H3,(H,16,21). The second-order valence-corrected chi connectivity index (χ2v) is 5.09. The number of H-pyrrole nitrogens is 1. The molecule has 0 saturated carbocycles. The van der Waals surface area contributed by atoms with Gasteiger partial charge in [0.1, 0.15) is 16.6 Å². The summed E-state index contributed by atoms with van der Waals surface area (Å²) in [6.45, 7) is 0. The summed E-state index contributed by atoms with van der Waals surface area (Å²) >= 11 is 5.04. The number of aromatic amines is 1. The summed E-state index contributed by atoms with van der Waals surface area (Å²) in [5, 5.41) is 10.2. The van der Waals surface area contributed by atoms with Gasteiger partial charge in [0.15, 0.2) is 4.77 Å². The van der Waals surface area contributed by atoms with Gasteiger partial charge >= 0.3 is 0 Å². The third-order valence-corrected chi connectivity index (χ3v) is 3.87. The van der Waals surface area contributed by atoms with Crippen molar-refractivity contribution < 1.29 is 9.84 Å². The number of rotatable bonds is 1. The SMILES string of the molecule is COc1ccc2c(c1)N=c1c-2cc2c(O)[nH]c(=S)n2c1=O. The lowest BCUT2D eigenvalue weighted by Crippen LogP contribution is -2.30. The van der Waals surface area contributed by atoms with Gasteiger partial charge in [0, 0.05) is 17.2 Å². The Labute approximate surface area is 123 Å². The smallest absolute Gasteiger partial charge is 0.284 e. The molecule has 2 aromatic heterocycles. The molecule has 6 nitrogen and oxygen atoms in total. The fraction of sp³-hybridized carbons (Fsp3) is 0.0714. The Kier molecular flexibility index (Phi) is 2.26. The summed E-state index contributed by atoms with van der Waals surface area (Å²) in [6.07, 6.45) is 0. The number of benzene rings is 1. The first-order chi connectivity index (χ1) is 10.1. The molecule has 0 fully saturated rings. The number of methoxy groups -OCH3 is 1. The van der Waals surface area contributed by atoms with E-state index in [0.717, 1.165) is 5.56 Å². The van der Waals surface area contributed by atoms with E-state index >= 15 is 0 Å². The molecule has 7 heteroatoms. The van der Waals surface area contributed by atoms with Crippen LogP contribution in [0.3, 0.4) is 0 Å². The molecule has 1 aliphatic rings. The number of pyridine rings is 1. The minimum Gasteiger partial charge on any atom is -0.497 e. The Morgan fingerprint density at radius 2 is 2.14 bits per heavy atom. The molecule has 1 aliphatic heterocycles. The number of aromatic hydroxyl groups is 1. The second kappa shape index (κ2) is 3.92. The quantitative estimate of drug-likeness (QED) is 0.525. The van der Waals surface area contributed by atoms with Crippen molar-refractivity contribution in [3.05, 3.63) is 44.7 Å². The first-order valence-electron chi connectivity index (χ1n) is 6.18. The van der Waals surface area contributed by atoms with E-state index in [1.165, 1.54) is 4.40 Å². The number of ether oxygens (including phenoxy) is 1. The van der Waals surface area contributed by atoms with Crippen LogP contribution in [0, 0.1) is 4.77 Å². The van der Waals surface area contributed by atoms with Crippen LogP contribution in [0.1, 0.15) is 0 Å². The van der Waals surface area contributed by atoms with Crippen molar-refractivity contribution in [2.24, 2.45) is 4.99 Å². The Bertz CT molecular complexity index is 1080. The summed E-state index contributed by atoms with van der Waals surface area (Å²) in [4.78, 5) is 19.5. The van der Waals surface area contributed by atoms with Gasteiger partial charge in [-0.3, -0.25) is 4.79 Å². The maximum absolute atomic E-state index is 12.5. The topological polar surface area (TPSA) is 79.1 Å². The molecule has 0 amide bonds. The molecular formula is C14H9N3O3S. The lowest BCUT2D eigenvalue weighted by molar-refractivity contribution is 0.415. The fourth-order valence-corrected chi connectivity index (χ4v) is 2.87. The lowest BCUT2D eigenvalue weighted by Gasteiger charge is -2.03. The van der Waals surface area contributed by atoms with Crippen LogP contribution in [-0.4, -0.2) is 21.6 Å². The van der Waals surface area contributed by atoms with Gasteiger partial charge in [0.25, 0.3) is 5.56 Å². The number of aromatic nitrogens is 2. The maximum atomic E-state index is 12.5. The van der Waals surface area contributed by atoms with Crippen LogP contribution in [0.4, 0.5) is 5.69 Å². The van der Waals surface area contributed by atoms with E-state index in [1.54, 1.807) is 25.3 Å². The monoisotopic (exact) mass is 299 g/mol. The van der Waals surface area contributed by atoms with Crippen molar-refractivity contribution in [3.8, 4) is 22.8 Å². The lowest BCUT2D eigenvalue weighted by atomic mass is 10.1. The van der Waals surface area contributed by atoms with E-state index in [9.17, 15) is 9.90 Å². The van der Waals surface area contributed by atoms with Crippen molar-refractivity contribution in [2.75, 3.05) is 7.11 Å². The van der Waals surface area contributed by atoms with E-state index in [-0.39, 0.29) is 16.2 Å². The van der Waals surface area contributed by atoms with Crippen molar-refractivity contribution in [1.82, 2.24) is 9.38 Å². The maximum Gasteiger partial charge on any atom is 0.284 e. The zero-order valence-corrected chi connectivity index (χ0v) is 11.7. The summed E-state index contributed by atoms with van der Waals surface area (Å²) in [6, 6.07) is 7.13. The van der Waals surface area contributed by atoms with E-state index in [1.807, 2.05) is 6.07 Å². The second-order valence-electron chi connectivity index (χ2n) is 4.71. The van der Waals surface area contributed by atoms with E-state index in [0.29, 0.717) is 27.9 Å². The third-order valence-electron chi connectivity index (χ3n) is 3.58. The Hall–Kier alpha value is -2.67. The van der Waals surface area contributed by atoms with Gasteiger partial charge in [-0.2, -0.15) is 0 Å². The van der Waals surface area contributed by atoms with Crippen LogP contribution in [-0.2, 0) is 0 Å². The number of nitrogens with zero attached hydrogens (tertiary/aromatic N) is 2. The van der Waals surface area contributed by atoms with E-state index < -0.39 is 0 Å². The molecule has 3 aromatic rings. The highest BCUT2D eigenvalue weighted by molar-refractivity contribution is 7.71. The number of nitrogens with one attached hydrogen (secondary N) is 1.